The molecule has 0 aliphatic carbocycles. The van der Waals surface area contributed by atoms with E-state index >= 15 is 0 Å². The Morgan fingerprint density at radius 2 is 1.44 bits per heavy atom. The maximum atomic E-state index is 9.63. The van der Waals surface area contributed by atoms with Crippen molar-refractivity contribution in [1.82, 2.24) is 0 Å². The smallest absolute Gasteiger partial charge is 0.0757 e. The third-order valence-corrected chi connectivity index (χ3v) is 3.81. The van der Waals surface area contributed by atoms with Crippen molar-refractivity contribution in [3.05, 3.63) is 0 Å². The van der Waals surface area contributed by atoms with E-state index < -0.39 is 5.97 Å². The highest BCUT2D eigenvalue weighted by Crippen LogP contribution is 2.03. The first kappa shape index (κ1) is 18.2. The summed E-state index contributed by atoms with van der Waals surface area (Å²) in [5, 5.41) is 9.63. The third-order valence-electron chi connectivity index (χ3n) is 3.19. The number of hydrogen-bond donors (Lipinski definition) is 0. The van der Waals surface area contributed by atoms with Crippen molar-refractivity contribution in [1.29, 1.82) is 0 Å². The van der Waals surface area contributed by atoms with Crippen LogP contribution >= 0.6 is 11.8 Å². The number of carboxylic acids is 1. The zero-order chi connectivity index (χ0) is 13.0. The highest BCUT2D eigenvalue weighted by atomic mass is 32.2. The Balaban J connectivity index is 0. The van der Waals surface area contributed by atoms with E-state index in [-0.39, 0.29) is 6.42 Å². The molecule has 0 aliphatic rings. The Morgan fingerprint density at radius 3 is 1.50 bits per heavy atom. The number of nitrogens with zero attached hydrogens (tertiary/aromatic N) is 1. The summed E-state index contributed by atoms with van der Waals surface area (Å²) >= 11 is 1.51. The normalized spacial score (nSPS) is 10.6. The van der Waals surface area contributed by atoms with E-state index in [1.807, 2.05) is 6.26 Å². The summed E-state index contributed by atoms with van der Waals surface area (Å²) in [5.74, 6) is -0.308. The third kappa shape index (κ3) is 9.04. The lowest BCUT2D eigenvalue weighted by atomic mass is 10.3. The summed E-state index contributed by atoms with van der Waals surface area (Å²) in [4.78, 5) is 9.63. The van der Waals surface area contributed by atoms with Crippen LogP contribution in [0.5, 0.6) is 0 Å². The monoisotopic (exact) mass is 249 g/mol. The van der Waals surface area contributed by atoms with Crippen molar-refractivity contribution in [3.63, 3.8) is 0 Å². The molecule has 0 aromatic heterocycles. The molecule has 0 saturated carbocycles. The number of aliphatic carboxylic acids is 1. The lowest BCUT2D eigenvalue weighted by molar-refractivity contribution is -0.921. The summed E-state index contributed by atoms with van der Waals surface area (Å²) < 4.78 is 1.28. The molecular formula is C12H27NO2S. The van der Waals surface area contributed by atoms with Gasteiger partial charge in [-0.2, -0.15) is 11.8 Å². The second-order valence-corrected chi connectivity index (χ2v) is 4.71. The van der Waals surface area contributed by atoms with Crippen LogP contribution in [-0.2, 0) is 4.79 Å². The van der Waals surface area contributed by atoms with Gasteiger partial charge >= 0.3 is 0 Å². The van der Waals surface area contributed by atoms with Gasteiger partial charge in [0.15, 0.2) is 0 Å². The van der Waals surface area contributed by atoms with Crippen molar-refractivity contribution < 1.29 is 14.4 Å². The van der Waals surface area contributed by atoms with Crippen LogP contribution < -0.4 is 5.11 Å². The van der Waals surface area contributed by atoms with Crippen LogP contribution in [0.15, 0.2) is 0 Å². The van der Waals surface area contributed by atoms with E-state index in [4.69, 9.17) is 0 Å². The average molecular weight is 249 g/mol. The minimum Gasteiger partial charge on any atom is -0.550 e. The molecule has 0 rings (SSSR count). The summed E-state index contributed by atoms with van der Waals surface area (Å²) in [5.41, 5.74) is 0. The first-order chi connectivity index (χ1) is 7.51. The van der Waals surface area contributed by atoms with Crippen molar-refractivity contribution in [2.45, 2.75) is 34.1 Å². The first-order valence-corrected chi connectivity index (χ1v) is 7.45. The van der Waals surface area contributed by atoms with Gasteiger partial charge in [0.25, 0.3) is 0 Å². The molecule has 0 fully saturated rings. The molecule has 0 spiro atoms. The molecule has 3 nitrogen and oxygen atoms in total. The zero-order valence-electron chi connectivity index (χ0n) is 11.4. The van der Waals surface area contributed by atoms with Gasteiger partial charge in [-0.15, -0.1) is 0 Å². The van der Waals surface area contributed by atoms with Gasteiger partial charge in [0.1, 0.15) is 0 Å². The molecule has 0 unspecified atom stereocenters. The SMILES string of the molecule is CC[N+](CC)(CC)CC.CSCCC(=O)[O-]. The van der Waals surface area contributed by atoms with Crippen LogP contribution in [0.25, 0.3) is 0 Å². The van der Waals surface area contributed by atoms with Crippen molar-refractivity contribution in [2.75, 3.05) is 38.2 Å². The number of quaternary nitrogens is 1. The topological polar surface area (TPSA) is 40.1 Å². The fourth-order valence-corrected chi connectivity index (χ4v) is 1.90. The molecule has 0 heterocycles. The lowest BCUT2D eigenvalue weighted by Gasteiger charge is -2.34. The van der Waals surface area contributed by atoms with E-state index in [9.17, 15) is 9.90 Å². The maximum Gasteiger partial charge on any atom is 0.0757 e. The molecule has 0 atom stereocenters. The van der Waals surface area contributed by atoms with Gasteiger partial charge < -0.3 is 14.4 Å². The summed E-state index contributed by atoms with van der Waals surface area (Å²) in [7, 11) is 0. The fourth-order valence-electron chi connectivity index (χ4n) is 1.53. The molecule has 0 aromatic rings. The number of hydrogen-bond acceptors (Lipinski definition) is 3. The molecule has 0 aromatic carbocycles. The maximum absolute atomic E-state index is 9.63. The van der Waals surface area contributed by atoms with E-state index in [1.54, 1.807) is 0 Å². The molecule has 0 bridgehead atoms. The molecule has 0 saturated heterocycles. The van der Waals surface area contributed by atoms with Gasteiger partial charge in [-0.1, -0.05) is 0 Å². The number of rotatable bonds is 7. The van der Waals surface area contributed by atoms with Gasteiger partial charge in [-0.25, -0.2) is 0 Å². The van der Waals surface area contributed by atoms with Gasteiger partial charge in [-0.05, 0) is 46.1 Å². The van der Waals surface area contributed by atoms with E-state index in [0.717, 1.165) is 0 Å². The van der Waals surface area contributed by atoms with E-state index in [0.29, 0.717) is 5.75 Å². The molecule has 16 heavy (non-hydrogen) atoms. The van der Waals surface area contributed by atoms with Crippen LogP contribution in [0.4, 0.5) is 0 Å². The van der Waals surface area contributed by atoms with Crippen LogP contribution in [0.2, 0.25) is 0 Å². The molecule has 0 aliphatic heterocycles. The second kappa shape index (κ2) is 11.3. The van der Waals surface area contributed by atoms with Crippen molar-refractivity contribution in [3.8, 4) is 0 Å². The quantitative estimate of drug-likeness (QED) is 0.640. The zero-order valence-corrected chi connectivity index (χ0v) is 12.2. The highest BCUT2D eigenvalue weighted by Gasteiger charge is 2.16. The van der Waals surface area contributed by atoms with Gasteiger partial charge in [0.2, 0.25) is 0 Å². The van der Waals surface area contributed by atoms with Crippen molar-refractivity contribution >= 4 is 17.7 Å². The number of carboxylic acid groups (broad SMARTS) is 1. The molecule has 0 radical (unpaired) electrons. The lowest BCUT2D eigenvalue weighted by Crippen LogP contribution is -2.47. The predicted octanol–water partition coefficient (Wildman–Crippen LogP) is 1.37. The van der Waals surface area contributed by atoms with Gasteiger partial charge in [0.05, 0.1) is 26.2 Å². The molecule has 98 valence electrons. The predicted molar refractivity (Wildman–Crippen MR) is 70.4 cm³/mol. The van der Waals surface area contributed by atoms with E-state index in [2.05, 4.69) is 27.7 Å². The molecular weight excluding hydrogens is 222 g/mol. The van der Waals surface area contributed by atoms with Crippen molar-refractivity contribution in [2.24, 2.45) is 0 Å². The van der Waals surface area contributed by atoms with Crippen LogP contribution in [0.1, 0.15) is 34.1 Å². The fraction of sp³-hybridized carbons (Fsp3) is 0.917. The summed E-state index contributed by atoms with van der Waals surface area (Å²) in [6, 6.07) is 0. The Labute approximate surface area is 105 Å². The second-order valence-electron chi connectivity index (χ2n) is 3.72. The van der Waals surface area contributed by atoms with E-state index in [1.165, 1.54) is 42.4 Å². The van der Waals surface area contributed by atoms with Gasteiger partial charge in [-0.3, -0.25) is 0 Å². The first-order valence-electron chi connectivity index (χ1n) is 6.05. The van der Waals surface area contributed by atoms with Crippen LogP contribution in [0, 0.1) is 0 Å². The van der Waals surface area contributed by atoms with Gasteiger partial charge in [0, 0.05) is 5.97 Å². The minimum absolute atomic E-state index is 0.168. The molecule has 4 heteroatoms. The summed E-state index contributed by atoms with van der Waals surface area (Å²) in [6.45, 7) is 14.2. The molecule has 0 amide bonds. The highest BCUT2D eigenvalue weighted by molar-refractivity contribution is 7.98. The summed E-state index contributed by atoms with van der Waals surface area (Å²) in [6.07, 6.45) is 2.03. The van der Waals surface area contributed by atoms with Crippen LogP contribution in [0.3, 0.4) is 0 Å². The van der Waals surface area contributed by atoms with Crippen LogP contribution in [-0.4, -0.2) is 48.6 Å². The Morgan fingerprint density at radius 1 is 1.06 bits per heavy atom. The Kier molecular flexibility index (Phi) is 12.8. The standard InChI is InChI=1S/C8H20N.C4H8O2S/c1-5-9(6-2,7-3)8-4;1-7-3-2-4(5)6/h5-8H2,1-4H3;2-3H2,1H3,(H,5,6)/q+1;/p-1. The largest absolute Gasteiger partial charge is 0.550 e. The Bertz CT molecular complexity index is 153. The molecule has 0 N–H and O–H groups in total. The minimum atomic E-state index is -0.964. The Hall–Kier alpha value is -0.220. The number of thioether (sulfide) groups is 1. The average Bonchev–Trinajstić information content (AvgIpc) is 2.31. The number of carbonyl (C=O) groups is 1. The number of carbonyl (C=O) groups excluding carboxylic acids is 1.